The van der Waals surface area contributed by atoms with Crippen molar-refractivity contribution in [3.8, 4) is 11.3 Å². The SMILES string of the molecule is Cc1cc(F)c(Nc2nc(-c3ccc4c(c3)N(C3CC(N5CCCCC5)C3)C(=O)C43CCN(C(=O)CN4CCC5(CC4)CN(c4ccc6c(c4)C(=O)N(C4CCC(=O)NC4=O)C6=O)C5)CC3)cc3ncn(C(C)C)c23)cc1C(=O)NC(C)C. The Morgan fingerprint density at radius 1 is 0.807 bits per heavy atom. The van der Waals surface area contributed by atoms with E-state index in [0.29, 0.717) is 72.2 Å². The highest BCUT2D eigenvalue weighted by molar-refractivity contribution is 6.24. The van der Waals surface area contributed by atoms with Crippen LogP contribution in [0.4, 0.5) is 27.3 Å². The maximum absolute atomic E-state index is 15.9. The van der Waals surface area contributed by atoms with Gasteiger partial charge in [0.2, 0.25) is 23.6 Å². The molecule has 0 bridgehead atoms. The van der Waals surface area contributed by atoms with Crippen LogP contribution in [0.15, 0.2) is 60.9 Å². The lowest BCUT2D eigenvalue weighted by molar-refractivity contribution is -0.137. The topological polar surface area (TPSA) is 206 Å². The van der Waals surface area contributed by atoms with Crippen LogP contribution >= 0.6 is 0 Å². The number of imidazole rings is 1. The molecule has 13 rings (SSSR count). The van der Waals surface area contributed by atoms with Gasteiger partial charge in [0, 0.05) is 84.7 Å². The van der Waals surface area contributed by atoms with Crippen molar-refractivity contribution >= 4 is 75.3 Å². The van der Waals surface area contributed by atoms with Crippen molar-refractivity contribution in [1.82, 2.24) is 44.8 Å². The second-order valence-electron chi connectivity index (χ2n) is 25.4. The summed E-state index contributed by atoms with van der Waals surface area (Å²) in [5.41, 5.74) is 6.28. The fourth-order valence-electron chi connectivity index (χ4n) is 14.6. The molecule has 83 heavy (non-hydrogen) atoms. The number of carbonyl (C=O) groups excluding carboxylic acids is 7. The predicted molar refractivity (Wildman–Crippen MR) is 311 cm³/mol. The van der Waals surface area contributed by atoms with E-state index in [4.69, 9.17) is 9.97 Å². The summed E-state index contributed by atoms with van der Waals surface area (Å²) in [6.45, 7) is 16.1. The summed E-state index contributed by atoms with van der Waals surface area (Å²) in [5.74, 6) is -2.32. The Hall–Kier alpha value is -7.58. The quantitative estimate of drug-likeness (QED) is 0.106. The Bertz CT molecular complexity index is 3520. The van der Waals surface area contributed by atoms with Crippen LogP contribution < -0.4 is 25.8 Å². The number of likely N-dealkylation sites (tertiary alicyclic amines) is 3. The van der Waals surface area contributed by atoms with Gasteiger partial charge in [0.15, 0.2) is 5.82 Å². The van der Waals surface area contributed by atoms with Gasteiger partial charge in [-0.2, -0.15) is 0 Å². The van der Waals surface area contributed by atoms with Crippen molar-refractivity contribution in [3.05, 3.63) is 94.6 Å². The van der Waals surface area contributed by atoms with Gasteiger partial charge >= 0.3 is 0 Å². The van der Waals surface area contributed by atoms with E-state index in [1.54, 1.807) is 25.4 Å². The summed E-state index contributed by atoms with van der Waals surface area (Å²) in [4.78, 5) is 116. The van der Waals surface area contributed by atoms with E-state index in [1.807, 2.05) is 55.4 Å². The Morgan fingerprint density at radius 3 is 2.25 bits per heavy atom. The van der Waals surface area contributed by atoms with E-state index in [2.05, 4.69) is 47.7 Å². The lowest BCUT2D eigenvalue weighted by atomic mass is 9.71. The molecule has 434 valence electrons. The predicted octanol–water partition coefficient (Wildman–Crippen LogP) is 7.24. The van der Waals surface area contributed by atoms with Gasteiger partial charge in [-0.3, -0.25) is 48.7 Å². The van der Waals surface area contributed by atoms with Crippen LogP contribution in [0.3, 0.4) is 0 Å². The van der Waals surface area contributed by atoms with E-state index >= 15 is 9.18 Å². The van der Waals surface area contributed by atoms with E-state index in [1.165, 1.54) is 31.4 Å². The van der Waals surface area contributed by atoms with E-state index < -0.39 is 40.9 Å². The monoisotopic (exact) mass is 1130 g/mol. The maximum atomic E-state index is 15.9. The molecule has 3 N–H and O–H groups in total. The van der Waals surface area contributed by atoms with Crippen molar-refractivity contribution in [2.24, 2.45) is 5.41 Å². The smallest absolute Gasteiger partial charge is 0.262 e. The first kappa shape index (κ1) is 54.7. The summed E-state index contributed by atoms with van der Waals surface area (Å²) < 4.78 is 17.9. The van der Waals surface area contributed by atoms with Crippen molar-refractivity contribution in [1.29, 1.82) is 0 Å². The molecule has 5 aromatic rings. The normalized spacial score (nSPS) is 23.3. The van der Waals surface area contributed by atoms with Crippen LogP contribution in [0.5, 0.6) is 0 Å². The van der Waals surface area contributed by atoms with Gasteiger partial charge < -0.3 is 34.8 Å². The molecule has 7 aliphatic heterocycles. The second-order valence-corrected chi connectivity index (χ2v) is 25.4. The fourth-order valence-corrected chi connectivity index (χ4v) is 14.6. The summed E-state index contributed by atoms with van der Waals surface area (Å²) in [6, 6.07) is 15.7. The van der Waals surface area contributed by atoms with Crippen LogP contribution in [0, 0.1) is 18.2 Å². The minimum absolute atomic E-state index is 0.0104. The number of piperidine rings is 4. The Labute approximate surface area is 482 Å². The number of aromatic nitrogens is 3. The molecule has 2 aromatic heterocycles. The number of benzene rings is 3. The zero-order chi connectivity index (χ0) is 57.8. The Kier molecular flexibility index (Phi) is 13.8. The summed E-state index contributed by atoms with van der Waals surface area (Å²) in [7, 11) is 0. The zero-order valence-electron chi connectivity index (χ0n) is 48.1. The van der Waals surface area contributed by atoms with E-state index in [0.717, 1.165) is 92.4 Å². The van der Waals surface area contributed by atoms with Crippen molar-refractivity contribution < 1.29 is 38.0 Å². The molecular weight excluding hydrogens is 1060 g/mol. The third-order valence-electron chi connectivity index (χ3n) is 19.5. The van der Waals surface area contributed by atoms with Crippen LogP contribution in [-0.2, 0) is 24.6 Å². The number of halogens is 1. The van der Waals surface area contributed by atoms with Crippen molar-refractivity contribution in [2.45, 2.75) is 141 Å². The van der Waals surface area contributed by atoms with Crippen LogP contribution in [-0.4, -0.2) is 159 Å². The zero-order valence-corrected chi connectivity index (χ0v) is 48.1. The summed E-state index contributed by atoms with van der Waals surface area (Å²) in [6.07, 6.45) is 10.3. The highest BCUT2D eigenvalue weighted by Crippen LogP contribution is 2.53. The van der Waals surface area contributed by atoms with Crippen molar-refractivity contribution in [2.75, 3.05) is 74.0 Å². The number of pyridine rings is 1. The first-order valence-corrected chi connectivity index (χ1v) is 30.0. The number of hydrogen-bond acceptors (Lipinski definition) is 13. The molecule has 1 unspecified atom stereocenters. The third-order valence-corrected chi connectivity index (χ3v) is 19.5. The highest BCUT2D eigenvalue weighted by Gasteiger charge is 2.56. The molecule has 20 heteroatoms. The molecular formula is C63H73FN12O7. The first-order chi connectivity index (χ1) is 39.9. The average Bonchev–Trinajstić information content (AvgIpc) is 3.02. The van der Waals surface area contributed by atoms with Crippen LogP contribution in [0.2, 0.25) is 0 Å². The molecule has 9 heterocycles. The van der Waals surface area contributed by atoms with Crippen LogP contribution in [0.25, 0.3) is 22.3 Å². The number of nitrogens with zero attached hydrogens (tertiary/aromatic N) is 9. The lowest BCUT2D eigenvalue weighted by Gasteiger charge is -2.55. The molecule has 7 amide bonds. The number of fused-ring (bicyclic) bond motifs is 4. The van der Waals surface area contributed by atoms with Gasteiger partial charge in [0.25, 0.3) is 17.7 Å². The minimum atomic E-state index is -1.01. The standard InChI is InChI=1S/C63H73FN12O7/c1-36(2)66-57(79)44-30-49(47(64)25-38(44)5)68-56-55-50(65-35-74(55)37(3)4)31-48(67-56)39-9-12-46-52(26-39)75(42-27-41(28-42)71-19-7-6-8-20-71)61(83)63(46)17-23-72(24-18-63)54(78)32-70-21-15-62(16-22-70)33-73(34-62)40-10-11-43-45(29-40)60(82)76(59(43)81)51-13-14-53(77)69-58(51)80/h9-12,25-26,29-31,35-37,41-42,51H,6-8,13-24,27-28,32-34H2,1-5H3,(H,66,79)(H,67,68)(H,69,77,80). The average molecular weight is 1130 g/mol. The minimum Gasteiger partial charge on any atom is -0.370 e. The van der Waals surface area contributed by atoms with E-state index in [9.17, 15) is 28.8 Å². The summed E-state index contributed by atoms with van der Waals surface area (Å²) >= 11 is 0. The van der Waals surface area contributed by atoms with Gasteiger partial charge in [-0.25, -0.2) is 14.4 Å². The number of hydrogen-bond donors (Lipinski definition) is 3. The highest BCUT2D eigenvalue weighted by atomic mass is 19.1. The third kappa shape index (κ3) is 9.53. The van der Waals surface area contributed by atoms with Gasteiger partial charge in [-0.15, -0.1) is 0 Å². The molecule has 19 nitrogen and oxygen atoms in total. The number of aryl methyl sites for hydroxylation is 1. The maximum Gasteiger partial charge on any atom is 0.262 e. The first-order valence-electron chi connectivity index (χ1n) is 30.0. The molecule has 3 aromatic carbocycles. The Morgan fingerprint density at radius 2 is 1.54 bits per heavy atom. The molecule has 1 aliphatic carbocycles. The van der Waals surface area contributed by atoms with Crippen molar-refractivity contribution in [3.63, 3.8) is 0 Å². The van der Waals surface area contributed by atoms with Gasteiger partial charge in [0.05, 0.1) is 46.3 Å². The Balaban J connectivity index is 0.699. The summed E-state index contributed by atoms with van der Waals surface area (Å²) in [5, 5.41) is 8.46. The number of anilines is 4. The fraction of sp³-hybridized carbons (Fsp3) is 0.508. The number of imide groups is 2. The van der Waals surface area contributed by atoms with Gasteiger partial charge in [-0.1, -0.05) is 18.6 Å². The van der Waals surface area contributed by atoms with E-state index in [-0.39, 0.29) is 70.9 Å². The molecule has 5 saturated heterocycles. The molecule has 8 aliphatic rings. The second kappa shape index (κ2) is 20.9. The molecule has 0 radical (unpaired) electrons. The van der Waals surface area contributed by atoms with Gasteiger partial charge in [-0.05, 0) is 172 Å². The number of carbonyl (C=O) groups is 7. The molecule has 2 spiro atoms. The largest absolute Gasteiger partial charge is 0.370 e. The molecule has 1 saturated carbocycles. The number of nitrogens with one attached hydrogen (secondary N) is 3. The van der Waals surface area contributed by atoms with Gasteiger partial charge in [0.1, 0.15) is 17.4 Å². The number of rotatable bonds is 12. The molecule has 6 fully saturated rings. The molecule has 1 atom stereocenters. The lowest BCUT2D eigenvalue weighted by Crippen LogP contribution is -2.61. The number of amides is 7. The van der Waals surface area contributed by atoms with Crippen LogP contribution in [0.1, 0.15) is 147 Å².